The number of halogens is 2. The van der Waals surface area contributed by atoms with Crippen molar-refractivity contribution in [2.24, 2.45) is 5.92 Å². The van der Waals surface area contributed by atoms with Gasteiger partial charge in [-0.25, -0.2) is 13.5 Å². The second kappa shape index (κ2) is 5.47. The van der Waals surface area contributed by atoms with Gasteiger partial charge in [-0.1, -0.05) is 19.9 Å². The van der Waals surface area contributed by atoms with Gasteiger partial charge >= 0.3 is 0 Å². The third-order valence-corrected chi connectivity index (χ3v) is 3.75. The van der Waals surface area contributed by atoms with Gasteiger partial charge in [-0.3, -0.25) is 0 Å². The van der Waals surface area contributed by atoms with Crippen molar-refractivity contribution in [1.29, 1.82) is 0 Å². The summed E-state index contributed by atoms with van der Waals surface area (Å²) in [6, 6.07) is 6.11. The summed E-state index contributed by atoms with van der Waals surface area (Å²) in [6.45, 7) is 5.10. The van der Waals surface area contributed by atoms with E-state index in [1.807, 2.05) is 10.7 Å². The number of fused-ring (bicyclic) bond motifs is 1. The fourth-order valence-corrected chi connectivity index (χ4v) is 2.82. The maximum atomic E-state index is 13.5. The molecule has 0 fully saturated rings. The summed E-state index contributed by atoms with van der Waals surface area (Å²) >= 11 is 0. The van der Waals surface area contributed by atoms with Gasteiger partial charge in [0.15, 0.2) is 11.6 Å². The molecule has 2 heterocycles. The Morgan fingerprint density at radius 1 is 1.29 bits per heavy atom. The standard InChI is InChI=1S/C16H19F2N3/c1-10(2)7-12-9-16-19-6-5-15(21(16)20-12)11-3-4-13(17)14(18)8-11/h3-4,8-10,15,19H,5-7H2,1-2H3. The number of hydrogen-bond donors (Lipinski definition) is 1. The number of hydrogen-bond acceptors (Lipinski definition) is 2. The topological polar surface area (TPSA) is 29.9 Å². The predicted molar refractivity (Wildman–Crippen MR) is 78.4 cm³/mol. The van der Waals surface area contributed by atoms with Crippen LogP contribution in [0.1, 0.15) is 37.6 Å². The van der Waals surface area contributed by atoms with Crippen LogP contribution in [0.25, 0.3) is 0 Å². The molecule has 2 aromatic rings. The molecule has 3 rings (SSSR count). The zero-order valence-electron chi connectivity index (χ0n) is 12.2. The molecule has 21 heavy (non-hydrogen) atoms. The Bertz CT molecular complexity index is 649. The maximum absolute atomic E-state index is 13.5. The van der Waals surface area contributed by atoms with E-state index in [0.717, 1.165) is 36.5 Å². The summed E-state index contributed by atoms with van der Waals surface area (Å²) in [6.07, 6.45) is 1.72. The van der Waals surface area contributed by atoms with E-state index in [-0.39, 0.29) is 6.04 Å². The largest absolute Gasteiger partial charge is 0.370 e. The van der Waals surface area contributed by atoms with Crippen molar-refractivity contribution < 1.29 is 8.78 Å². The maximum Gasteiger partial charge on any atom is 0.159 e. The Hall–Kier alpha value is -1.91. The van der Waals surface area contributed by atoms with Gasteiger partial charge in [0.25, 0.3) is 0 Å². The molecule has 1 N–H and O–H groups in total. The van der Waals surface area contributed by atoms with E-state index < -0.39 is 11.6 Å². The average molecular weight is 291 g/mol. The molecule has 1 unspecified atom stereocenters. The third kappa shape index (κ3) is 2.77. The zero-order chi connectivity index (χ0) is 15.0. The number of anilines is 1. The van der Waals surface area contributed by atoms with Gasteiger partial charge in [0.2, 0.25) is 0 Å². The van der Waals surface area contributed by atoms with Crippen LogP contribution in [0.3, 0.4) is 0 Å². The van der Waals surface area contributed by atoms with Gasteiger partial charge in [0.05, 0.1) is 11.7 Å². The summed E-state index contributed by atoms with van der Waals surface area (Å²) < 4.78 is 28.5. The van der Waals surface area contributed by atoms with E-state index in [2.05, 4.69) is 24.3 Å². The minimum absolute atomic E-state index is 0.0442. The van der Waals surface area contributed by atoms with Crippen LogP contribution in [0, 0.1) is 17.6 Å². The Morgan fingerprint density at radius 2 is 2.10 bits per heavy atom. The van der Waals surface area contributed by atoms with E-state index in [1.165, 1.54) is 12.1 Å². The first-order valence-electron chi connectivity index (χ1n) is 7.32. The molecule has 0 bridgehead atoms. The molecule has 0 amide bonds. The first-order chi connectivity index (χ1) is 10.0. The van der Waals surface area contributed by atoms with E-state index in [0.29, 0.717) is 5.92 Å². The highest BCUT2D eigenvalue weighted by atomic mass is 19.2. The lowest BCUT2D eigenvalue weighted by Crippen LogP contribution is -2.24. The molecular weight excluding hydrogens is 272 g/mol. The van der Waals surface area contributed by atoms with Gasteiger partial charge in [-0.05, 0) is 36.5 Å². The fourth-order valence-electron chi connectivity index (χ4n) is 2.82. The lowest BCUT2D eigenvalue weighted by molar-refractivity contribution is 0.464. The molecule has 0 saturated carbocycles. The first kappa shape index (κ1) is 14.0. The Kier molecular flexibility index (Phi) is 3.66. The molecule has 0 radical (unpaired) electrons. The summed E-state index contributed by atoms with van der Waals surface area (Å²) in [7, 11) is 0. The van der Waals surface area contributed by atoms with E-state index in [9.17, 15) is 8.78 Å². The van der Waals surface area contributed by atoms with Crippen LogP contribution in [-0.4, -0.2) is 16.3 Å². The van der Waals surface area contributed by atoms with Crippen LogP contribution in [0.4, 0.5) is 14.6 Å². The lowest BCUT2D eigenvalue weighted by Gasteiger charge is -2.26. The molecule has 1 aliphatic heterocycles. The Morgan fingerprint density at radius 3 is 2.81 bits per heavy atom. The van der Waals surface area contributed by atoms with Crippen molar-refractivity contribution in [2.75, 3.05) is 11.9 Å². The van der Waals surface area contributed by atoms with Crippen molar-refractivity contribution in [3.8, 4) is 0 Å². The van der Waals surface area contributed by atoms with Crippen molar-refractivity contribution in [3.05, 3.63) is 47.2 Å². The molecular formula is C16H19F2N3. The van der Waals surface area contributed by atoms with E-state index in [4.69, 9.17) is 0 Å². The average Bonchev–Trinajstić information content (AvgIpc) is 2.83. The molecule has 1 atom stereocenters. The van der Waals surface area contributed by atoms with Crippen LogP contribution in [0.5, 0.6) is 0 Å². The molecule has 0 aliphatic carbocycles. The molecule has 5 heteroatoms. The number of aromatic nitrogens is 2. The van der Waals surface area contributed by atoms with Crippen LogP contribution in [0.2, 0.25) is 0 Å². The van der Waals surface area contributed by atoms with Gasteiger partial charge < -0.3 is 5.32 Å². The van der Waals surface area contributed by atoms with E-state index in [1.54, 1.807) is 6.07 Å². The van der Waals surface area contributed by atoms with E-state index >= 15 is 0 Å². The quantitative estimate of drug-likeness (QED) is 0.933. The second-order valence-corrected chi connectivity index (χ2v) is 5.97. The first-order valence-corrected chi connectivity index (χ1v) is 7.32. The zero-order valence-corrected chi connectivity index (χ0v) is 12.2. The van der Waals surface area contributed by atoms with Crippen LogP contribution in [-0.2, 0) is 6.42 Å². The van der Waals surface area contributed by atoms with Crippen LogP contribution in [0.15, 0.2) is 24.3 Å². The number of rotatable bonds is 3. The molecule has 1 aromatic heterocycles. The predicted octanol–water partition coefficient (Wildman–Crippen LogP) is 3.76. The van der Waals surface area contributed by atoms with Gasteiger partial charge in [0.1, 0.15) is 5.82 Å². The number of benzene rings is 1. The Balaban J connectivity index is 1.95. The molecule has 0 saturated heterocycles. The van der Waals surface area contributed by atoms with Gasteiger partial charge in [-0.15, -0.1) is 0 Å². The highest BCUT2D eigenvalue weighted by Crippen LogP contribution is 2.31. The highest BCUT2D eigenvalue weighted by molar-refractivity contribution is 5.41. The minimum Gasteiger partial charge on any atom is -0.370 e. The van der Waals surface area contributed by atoms with Gasteiger partial charge in [-0.2, -0.15) is 5.10 Å². The second-order valence-electron chi connectivity index (χ2n) is 5.97. The van der Waals surface area contributed by atoms with Crippen LogP contribution < -0.4 is 5.32 Å². The normalized spacial score (nSPS) is 17.7. The fraction of sp³-hybridized carbons (Fsp3) is 0.438. The smallest absolute Gasteiger partial charge is 0.159 e. The summed E-state index contributed by atoms with van der Waals surface area (Å²) in [5.41, 5.74) is 1.79. The molecule has 1 aromatic carbocycles. The third-order valence-electron chi connectivity index (χ3n) is 3.75. The monoisotopic (exact) mass is 291 g/mol. The van der Waals surface area contributed by atoms with Crippen molar-refractivity contribution in [3.63, 3.8) is 0 Å². The molecule has 3 nitrogen and oxygen atoms in total. The van der Waals surface area contributed by atoms with Gasteiger partial charge in [0, 0.05) is 12.6 Å². The molecule has 1 aliphatic rings. The van der Waals surface area contributed by atoms with Crippen molar-refractivity contribution in [2.45, 2.75) is 32.7 Å². The molecule has 112 valence electrons. The lowest BCUT2D eigenvalue weighted by atomic mass is 10.0. The minimum atomic E-state index is -0.811. The summed E-state index contributed by atoms with van der Waals surface area (Å²) in [5, 5.41) is 7.95. The highest BCUT2D eigenvalue weighted by Gasteiger charge is 2.24. The Labute approximate surface area is 123 Å². The summed E-state index contributed by atoms with van der Waals surface area (Å²) in [4.78, 5) is 0. The van der Waals surface area contributed by atoms with Crippen molar-refractivity contribution in [1.82, 2.24) is 9.78 Å². The number of nitrogens with one attached hydrogen (secondary N) is 1. The van der Waals surface area contributed by atoms with Crippen molar-refractivity contribution >= 4 is 5.82 Å². The SMILES string of the molecule is CC(C)Cc1cc2n(n1)C(c1ccc(F)c(F)c1)CCN2. The molecule has 0 spiro atoms. The number of nitrogens with zero attached hydrogens (tertiary/aromatic N) is 2. The van der Waals surface area contributed by atoms with Crippen LogP contribution >= 0.6 is 0 Å². The summed E-state index contributed by atoms with van der Waals surface area (Å²) in [5.74, 6) is -0.133.